The molecule has 0 saturated carbocycles. The lowest BCUT2D eigenvalue weighted by Crippen LogP contribution is -2.49. The second kappa shape index (κ2) is 12.4. The Bertz CT molecular complexity index is 740. The van der Waals surface area contributed by atoms with Crippen LogP contribution in [0.2, 0.25) is 0 Å². The molecular weight excluding hydrogens is 505 g/mol. The first-order valence-electron chi connectivity index (χ1n) is 11.1. The number of carbonyl (C=O) groups excluding carboxylic acids is 2. The van der Waals surface area contributed by atoms with Crippen LogP contribution < -0.4 is 10.6 Å². The SMILES string of the molecule is CN=C(NCCCCN1C(=O)c2ccccc2C1=O)NC1CCN(CC(C)C)CC1.I. The minimum absolute atomic E-state index is 0. The molecule has 0 bridgehead atoms. The summed E-state index contributed by atoms with van der Waals surface area (Å²) in [5.74, 6) is 1.19. The van der Waals surface area contributed by atoms with Crippen LogP contribution in [0.15, 0.2) is 29.3 Å². The molecule has 1 saturated heterocycles. The number of likely N-dealkylation sites (tertiary alicyclic amines) is 1. The molecule has 0 atom stereocenters. The Balaban J connectivity index is 0.00000341. The summed E-state index contributed by atoms with van der Waals surface area (Å²) in [6.45, 7) is 9.19. The summed E-state index contributed by atoms with van der Waals surface area (Å²) in [7, 11) is 1.79. The number of imide groups is 1. The number of halogens is 1. The van der Waals surface area contributed by atoms with Gasteiger partial charge in [-0.15, -0.1) is 24.0 Å². The monoisotopic (exact) mass is 541 g/mol. The Hall–Kier alpha value is -1.68. The van der Waals surface area contributed by atoms with E-state index in [1.54, 1.807) is 31.3 Å². The summed E-state index contributed by atoms with van der Waals surface area (Å²) >= 11 is 0. The van der Waals surface area contributed by atoms with E-state index in [0.717, 1.165) is 51.3 Å². The van der Waals surface area contributed by atoms with Gasteiger partial charge in [-0.25, -0.2) is 0 Å². The Kier molecular flexibility index (Phi) is 10.2. The molecule has 2 heterocycles. The molecule has 8 heteroatoms. The standard InChI is InChI=1S/C23H35N5O2.HI/c1-17(2)16-27-14-10-18(11-15-27)26-23(24-3)25-12-6-7-13-28-21(29)19-8-4-5-9-20(19)22(28)30;/h4-5,8-9,17-18H,6-7,10-16H2,1-3H3,(H2,24,25,26);1H. The molecule has 2 amide bonds. The molecular formula is C23H36IN5O2. The lowest BCUT2D eigenvalue weighted by molar-refractivity contribution is 0.0652. The van der Waals surface area contributed by atoms with E-state index in [9.17, 15) is 9.59 Å². The van der Waals surface area contributed by atoms with E-state index < -0.39 is 0 Å². The predicted molar refractivity (Wildman–Crippen MR) is 135 cm³/mol. The van der Waals surface area contributed by atoms with Gasteiger partial charge in [0, 0.05) is 45.8 Å². The van der Waals surface area contributed by atoms with Gasteiger partial charge in [-0.3, -0.25) is 19.5 Å². The first kappa shape index (κ1) is 25.6. The number of guanidine groups is 1. The lowest BCUT2D eigenvalue weighted by atomic mass is 10.0. The van der Waals surface area contributed by atoms with Crippen LogP contribution in [-0.4, -0.2) is 73.4 Å². The number of piperidine rings is 1. The molecule has 0 spiro atoms. The zero-order chi connectivity index (χ0) is 21.5. The van der Waals surface area contributed by atoms with Crippen molar-refractivity contribution in [2.24, 2.45) is 10.9 Å². The Labute approximate surface area is 203 Å². The zero-order valence-corrected chi connectivity index (χ0v) is 21.2. The van der Waals surface area contributed by atoms with E-state index in [1.165, 1.54) is 11.4 Å². The fraction of sp³-hybridized carbons (Fsp3) is 0.609. The number of amides is 2. The Morgan fingerprint density at radius 3 is 2.26 bits per heavy atom. The summed E-state index contributed by atoms with van der Waals surface area (Å²) in [6, 6.07) is 7.49. The van der Waals surface area contributed by atoms with Crippen molar-refractivity contribution in [3.63, 3.8) is 0 Å². The average molecular weight is 541 g/mol. The van der Waals surface area contributed by atoms with Gasteiger partial charge in [-0.2, -0.15) is 0 Å². The van der Waals surface area contributed by atoms with Crippen LogP contribution in [0.3, 0.4) is 0 Å². The fourth-order valence-corrected chi connectivity index (χ4v) is 4.21. The molecule has 2 aliphatic heterocycles. The minimum Gasteiger partial charge on any atom is -0.356 e. The smallest absolute Gasteiger partial charge is 0.261 e. The van der Waals surface area contributed by atoms with Crippen LogP contribution in [-0.2, 0) is 0 Å². The van der Waals surface area contributed by atoms with Crippen molar-refractivity contribution in [1.29, 1.82) is 0 Å². The van der Waals surface area contributed by atoms with Gasteiger partial charge < -0.3 is 15.5 Å². The number of unbranched alkanes of at least 4 members (excludes halogenated alkanes) is 1. The van der Waals surface area contributed by atoms with E-state index >= 15 is 0 Å². The van der Waals surface area contributed by atoms with Crippen molar-refractivity contribution in [3.8, 4) is 0 Å². The second-order valence-electron chi connectivity index (χ2n) is 8.63. The van der Waals surface area contributed by atoms with E-state index in [0.29, 0.717) is 29.6 Å². The van der Waals surface area contributed by atoms with Gasteiger partial charge in [0.2, 0.25) is 0 Å². The molecule has 1 aromatic carbocycles. The highest BCUT2D eigenvalue weighted by molar-refractivity contribution is 14.0. The molecule has 172 valence electrons. The van der Waals surface area contributed by atoms with E-state index in [4.69, 9.17) is 0 Å². The predicted octanol–water partition coefficient (Wildman–Crippen LogP) is 2.97. The van der Waals surface area contributed by atoms with Gasteiger partial charge in [-0.05, 0) is 43.7 Å². The number of rotatable bonds is 8. The van der Waals surface area contributed by atoms with Crippen LogP contribution >= 0.6 is 24.0 Å². The maximum atomic E-state index is 12.4. The summed E-state index contributed by atoms with van der Waals surface area (Å²) in [5, 5.41) is 6.89. The van der Waals surface area contributed by atoms with Crippen LogP contribution in [0.5, 0.6) is 0 Å². The van der Waals surface area contributed by atoms with Crippen molar-refractivity contribution >= 4 is 41.8 Å². The number of fused-ring (bicyclic) bond motifs is 1. The first-order chi connectivity index (χ1) is 14.5. The molecule has 2 aliphatic rings. The summed E-state index contributed by atoms with van der Waals surface area (Å²) < 4.78 is 0. The number of hydrogen-bond donors (Lipinski definition) is 2. The molecule has 0 aromatic heterocycles. The quantitative estimate of drug-likeness (QED) is 0.174. The van der Waals surface area contributed by atoms with Crippen LogP contribution in [0.1, 0.15) is 60.2 Å². The highest BCUT2D eigenvalue weighted by Gasteiger charge is 2.34. The highest BCUT2D eigenvalue weighted by Crippen LogP contribution is 2.22. The van der Waals surface area contributed by atoms with E-state index in [2.05, 4.69) is 34.4 Å². The van der Waals surface area contributed by atoms with E-state index in [-0.39, 0.29) is 35.8 Å². The largest absolute Gasteiger partial charge is 0.356 e. The Morgan fingerprint density at radius 2 is 1.71 bits per heavy atom. The van der Waals surface area contributed by atoms with Crippen molar-refractivity contribution in [1.82, 2.24) is 20.4 Å². The molecule has 0 radical (unpaired) electrons. The van der Waals surface area contributed by atoms with Crippen molar-refractivity contribution in [3.05, 3.63) is 35.4 Å². The van der Waals surface area contributed by atoms with Gasteiger partial charge in [0.05, 0.1) is 11.1 Å². The number of carbonyl (C=O) groups is 2. The normalized spacial score (nSPS) is 17.7. The van der Waals surface area contributed by atoms with Gasteiger partial charge in [-0.1, -0.05) is 26.0 Å². The third kappa shape index (κ3) is 6.90. The molecule has 1 aromatic rings. The maximum Gasteiger partial charge on any atom is 0.261 e. The summed E-state index contributed by atoms with van der Waals surface area (Å²) in [4.78, 5) is 33.0. The summed E-state index contributed by atoms with van der Waals surface area (Å²) in [6.07, 6.45) is 3.89. The summed E-state index contributed by atoms with van der Waals surface area (Å²) in [5.41, 5.74) is 1.04. The zero-order valence-electron chi connectivity index (χ0n) is 18.9. The number of hydrogen-bond acceptors (Lipinski definition) is 4. The molecule has 2 N–H and O–H groups in total. The Morgan fingerprint density at radius 1 is 1.10 bits per heavy atom. The number of aliphatic imine (C=N–C) groups is 1. The molecule has 3 rings (SSSR count). The van der Waals surface area contributed by atoms with Gasteiger partial charge in [0.25, 0.3) is 11.8 Å². The van der Waals surface area contributed by atoms with Crippen molar-refractivity contribution in [2.45, 2.75) is 45.6 Å². The number of nitrogens with zero attached hydrogens (tertiary/aromatic N) is 3. The first-order valence-corrected chi connectivity index (χ1v) is 11.1. The van der Waals surface area contributed by atoms with Crippen LogP contribution in [0, 0.1) is 5.92 Å². The van der Waals surface area contributed by atoms with Crippen molar-refractivity contribution in [2.75, 3.05) is 39.8 Å². The maximum absolute atomic E-state index is 12.4. The topological polar surface area (TPSA) is 77.0 Å². The molecule has 0 aliphatic carbocycles. The average Bonchev–Trinajstić information content (AvgIpc) is 2.98. The highest BCUT2D eigenvalue weighted by atomic mass is 127. The minimum atomic E-state index is -0.176. The van der Waals surface area contributed by atoms with Gasteiger partial charge >= 0.3 is 0 Å². The fourth-order valence-electron chi connectivity index (χ4n) is 4.21. The molecule has 31 heavy (non-hydrogen) atoms. The lowest BCUT2D eigenvalue weighted by Gasteiger charge is -2.34. The third-order valence-electron chi connectivity index (χ3n) is 5.75. The number of nitrogens with one attached hydrogen (secondary N) is 2. The third-order valence-corrected chi connectivity index (χ3v) is 5.75. The van der Waals surface area contributed by atoms with Gasteiger partial charge in [0.1, 0.15) is 0 Å². The molecule has 7 nitrogen and oxygen atoms in total. The van der Waals surface area contributed by atoms with Gasteiger partial charge in [0.15, 0.2) is 5.96 Å². The molecule has 1 fully saturated rings. The van der Waals surface area contributed by atoms with Crippen molar-refractivity contribution < 1.29 is 9.59 Å². The number of benzene rings is 1. The second-order valence-corrected chi connectivity index (χ2v) is 8.63. The van der Waals surface area contributed by atoms with E-state index in [1.807, 2.05) is 0 Å². The van der Waals surface area contributed by atoms with Crippen LogP contribution in [0.4, 0.5) is 0 Å². The van der Waals surface area contributed by atoms with Crippen LogP contribution in [0.25, 0.3) is 0 Å². The molecule has 0 unspecified atom stereocenters.